The first-order chi connectivity index (χ1) is 30.5. The Hall–Kier alpha value is -8.02. The molecule has 18 heteroatoms. The van der Waals surface area contributed by atoms with Crippen LogP contribution in [0.15, 0.2) is 121 Å². The van der Waals surface area contributed by atoms with Crippen LogP contribution >= 0.6 is 0 Å². The highest BCUT2D eigenvalue weighted by Crippen LogP contribution is 2.57. The van der Waals surface area contributed by atoms with E-state index in [1.54, 1.807) is 55.6 Å². The van der Waals surface area contributed by atoms with Crippen LogP contribution in [0.3, 0.4) is 0 Å². The van der Waals surface area contributed by atoms with Gasteiger partial charge in [0.2, 0.25) is 5.41 Å². The Morgan fingerprint density at radius 2 is 0.754 bits per heavy atom. The molecule has 6 aromatic carbocycles. The summed E-state index contributed by atoms with van der Waals surface area (Å²) in [5, 5.41) is 49.9. The van der Waals surface area contributed by atoms with E-state index >= 15 is 0 Å². The van der Waals surface area contributed by atoms with Crippen molar-refractivity contribution >= 4 is 46.1 Å². The van der Waals surface area contributed by atoms with Crippen molar-refractivity contribution in [2.75, 3.05) is 35.4 Å². The third-order valence-corrected chi connectivity index (χ3v) is 10.1. The van der Waals surface area contributed by atoms with E-state index in [1.165, 1.54) is 57.3 Å². The average Bonchev–Trinajstić information content (AvgIpc) is 3.25. The van der Waals surface area contributed by atoms with Crippen molar-refractivity contribution in [2.45, 2.75) is 31.6 Å². The van der Waals surface area contributed by atoms with Crippen LogP contribution in [0.2, 0.25) is 0 Å². The number of carbonyl (C=O) groups excluding carboxylic acids is 4. The van der Waals surface area contributed by atoms with Crippen molar-refractivity contribution in [3.05, 3.63) is 155 Å². The molecule has 12 nitrogen and oxygen atoms in total. The van der Waals surface area contributed by atoms with E-state index in [0.717, 1.165) is 11.1 Å². The van der Waals surface area contributed by atoms with E-state index in [0.29, 0.717) is 53.2 Å². The second-order valence-electron chi connectivity index (χ2n) is 14.4. The molecule has 0 atom stereocenters. The van der Waals surface area contributed by atoms with Gasteiger partial charge < -0.3 is 41.7 Å². The van der Waals surface area contributed by atoms with E-state index < -0.39 is 57.9 Å². The summed E-state index contributed by atoms with van der Waals surface area (Å²) in [6, 6.07) is 24.7. The number of alkyl halides is 6. The molecule has 6 aromatic rings. The van der Waals surface area contributed by atoms with Crippen LogP contribution in [0.5, 0.6) is 23.0 Å². The third kappa shape index (κ3) is 10.3. The lowest BCUT2D eigenvalue weighted by molar-refractivity contribution is -0.288. The van der Waals surface area contributed by atoms with Gasteiger partial charge >= 0.3 is 12.4 Å². The van der Waals surface area contributed by atoms with Crippen molar-refractivity contribution in [1.29, 1.82) is 0 Å². The molecule has 0 aliphatic heterocycles. The molecule has 0 saturated carbocycles. The number of phenols is 4. The highest BCUT2D eigenvalue weighted by Gasteiger charge is 2.72. The predicted octanol–water partition coefficient (Wildman–Crippen LogP) is 10.3. The summed E-state index contributed by atoms with van der Waals surface area (Å²) in [5.41, 5.74) is -5.15. The summed E-state index contributed by atoms with van der Waals surface area (Å²) < 4.78 is 86.8. The maximum Gasteiger partial charge on any atom is 0.411 e. The molecule has 0 heterocycles. The highest BCUT2D eigenvalue weighted by atomic mass is 19.4. The van der Waals surface area contributed by atoms with Gasteiger partial charge in [-0.3, -0.25) is 19.2 Å². The number of aromatic hydroxyl groups is 4. The van der Waals surface area contributed by atoms with Crippen LogP contribution in [-0.2, 0) is 5.41 Å². The SMILES string of the molecule is CNc1cc(-c2ccc(O)c(NC(=O)c3cccc(C(C)=O)c3)c2)ccc1O.CNc1cc(C(c2ccc(O)c(NC(=O)c3cccc(C(C)=O)c3)c2)(C(F)(F)F)C(F)(F)F)ccc1O. The zero-order valence-electron chi connectivity index (χ0n) is 34.7. The molecule has 0 bridgehead atoms. The minimum atomic E-state index is -5.94. The fourth-order valence-corrected chi connectivity index (χ4v) is 6.70. The van der Waals surface area contributed by atoms with E-state index in [1.807, 2.05) is 0 Å². The molecule has 0 aliphatic carbocycles. The van der Waals surface area contributed by atoms with Crippen LogP contribution in [0.25, 0.3) is 11.1 Å². The molecule has 0 saturated heterocycles. The summed E-state index contributed by atoms with van der Waals surface area (Å²) >= 11 is 0. The first-order valence-electron chi connectivity index (χ1n) is 19.2. The first kappa shape index (κ1) is 48.0. The number of phenolic OH excluding ortho intramolecular Hbond substituents is 4. The van der Waals surface area contributed by atoms with E-state index in [4.69, 9.17) is 0 Å². The zero-order valence-corrected chi connectivity index (χ0v) is 34.7. The normalized spacial score (nSPS) is 11.4. The quantitative estimate of drug-likeness (QED) is 0.0352. The number of anilines is 4. The molecule has 8 N–H and O–H groups in total. The molecule has 338 valence electrons. The summed E-state index contributed by atoms with van der Waals surface area (Å²) in [6.45, 7) is 2.67. The van der Waals surface area contributed by atoms with Gasteiger partial charge in [0.05, 0.1) is 22.7 Å². The largest absolute Gasteiger partial charge is 0.506 e. The Bertz CT molecular complexity index is 2780. The van der Waals surface area contributed by atoms with E-state index in [9.17, 15) is 65.9 Å². The van der Waals surface area contributed by atoms with Gasteiger partial charge in [0, 0.05) is 36.3 Å². The van der Waals surface area contributed by atoms with Crippen molar-refractivity contribution in [3.8, 4) is 34.1 Å². The Kier molecular flexibility index (Phi) is 14.2. The maximum absolute atomic E-state index is 14.5. The smallest absolute Gasteiger partial charge is 0.411 e. The number of halogens is 6. The molecule has 2 amide bonds. The van der Waals surface area contributed by atoms with Gasteiger partial charge in [-0.2, -0.15) is 26.3 Å². The van der Waals surface area contributed by atoms with Crippen molar-refractivity contribution < 1.29 is 65.9 Å². The number of amides is 2. The standard InChI is InChI=1S/C25H20F6N2O4.C22H20N2O4/c1-13(34)14-4-3-5-15(10-14)22(37)33-19-12-17(7-9-21(19)36)23(24(26,27)28,25(29,30)31)16-6-8-20(35)18(11-16)32-2;1-13(25)14-4-3-5-17(10-14)22(28)24-19-12-16(7-9-21(19)27)15-6-8-20(26)18(11-15)23-2/h3-12,32,35-36H,1-2H3,(H,33,37);3-12,23,26-27H,1-2H3,(H,24,28). The van der Waals surface area contributed by atoms with Gasteiger partial charge in [0.1, 0.15) is 23.0 Å². The lowest BCUT2D eigenvalue weighted by Gasteiger charge is -2.38. The topological polar surface area (TPSA) is 197 Å². The zero-order chi connectivity index (χ0) is 48.0. The molecule has 6 rings (SSSR count). The minimum absolute atomic E-state index is 0.0764. The Balaban J connectivity index is 0.000000253. The molecule has 0 spiro atoms. The average molecular weight is 903 g/mol. The molecular formula is C47H40F6N4O8. The number of benzene rings is 6. The summed E-state index contributed by atoms with van der Waals surface area (Å²) in [6.07, 6.45) is -11.9. The van der Waals surface area contributed by atoms with Crippen molar-refractivity contribution in [3.63, 3.8) is 0 Å². The summed E-state index contributed by atoms with van der Waals surface area (Å²) in [7, 11) is 2.91. The third-order valence-electron chi connectivity index (χ3n) is 10.1. The fourth-order valence-electron chi connectivity index (χ4n) is 6.70. The fraction of sp³-hybridized carbons (Fsp3) is 0.149. The van der Waals surface area contributed by atoms with E-state index in [2.05, 4.69) is 21.3 Å². The van der Waals surface area contributed by atoms with Crippen LogP contribution in [-0.4, -0.2) is 70.3 Å². The molecule has 65 heavy (non-hydrogen) atoms. The molecular weight excluding hydrogens is 863 g/mol. The second-order valence-corrected chi connectivity index (χ2v) is 14.4. The second kappa shape index (κ2) is 19.2. The maximum atomic E-state index is 14.5. The van der Waals surface area contributed by atoms with Gasteiger partial charge in [-0.05, 0) is 109 Å². The Morgan fingerprint density at radius 1 is 0.431 bits per heavy atom. The number of carbonyl (C=O) groups is 4. The molecule has 0 aliphatic rings. The Morgan fingerprint density at radius 3 is 1.14 bits per heavy atom. The summed E-state index contributed by atoms with van der Waals surface area (Å²) in [5.74, 6) is -3.24. The lowest BCUT2D eigenvalue weighted by atomic mass is 9.72. The molecule has 0 fully saturated rings. The number of hydrogen-bond donors (Lipinski definition) is 8. The number of nitrogens with one attached hydrogen (secondary N) is 4. The molecule has 0 aromatic heterocycles. The van der Waals surface area contributed by atoms with Crippen LogP contribution in [0.4, 0.5) is 49.1 Å². The van der Waals surface area contributed by atoms with Crippen LogP contribution in [0, 0.1) is 0 Å². The molecule has 0 radical (unpaired) electrons. The highest BCUT2D eigenvalue weighted by molar-refractivity contribution is 6.08. The van der Waals surface area contributed by atoms with Gasteiger partial charge in [-0.15, -0.1) is 0 Å². The Labute approximate surface area is 367 Å². The number of Topliss-reactive ketones (excluding diaryl/α,β-unsaturated/α-hetero) is 2. The number of rotatable bonds is 11. The number of ketones is 2. The lowest BCUT2D eigenvalue weighted by Crippen LogP contribution is -2.54. The van der Waals surface area contributed by atoms with E-state index in [-0.39, 0.29) is 45.6 Å². The molecule has 0 unspecified atom stereocenters. The van der Waals surface area contributed by atoms with Crippen LogP contribution < -0.4 is 21.3 Å². The van der Waals surface area contributed by atoms with Gasteiger partial charge in [0.25, 0.3) is 11.8 Å². The first-order valence-corrected chi connectivity index (χ1v) is 19.2. The van der Waals surface area contributed by atoms with Gasteiger partial charge in [-0.25, -0.2) is 0 Å². The minimum Gasteiger partial charge on any atom is -0.506 e. The van der Waals surface area contributed by atoms with Gasteiger partial charge in [-0.1, -0.05) is 48.5 Å². The van der Waals surface area contributed by atoms with Crippen LogP contribution in [0.1, 0.15) is 66.4 Å². The number of hydrogen-bond acceptors (Lipinski definition) is 10. The summed E-state index contributed by atoms with van der Waals surface area (Å²) in [4.78, 5) is 48.3. The monoisotopic (exact) mass is 902 g/mol. The van der Waals surface area contributed by atoms with Crippen molar-refractivity contribution in [2.24, 2.45) is 0 Å². The van der Waals surface area contributed by atoms with Gasteiger partial charge in [0.15, 0.2) is 11.6 Å². The van der Waals surface area contributed by atoms with Crippen molar-refractivity contribution in [1.82, 2.24) is 0 Å². The predicted molar refractivity (Wildman–Crippen MR) is 232 cm³/mol.